The Morgan fingerprint density at radius 2 is 2.10 bits per heavy atom. The van der Waals surface area contributed by atoms with Gasteiger partial charge in [0.15, 0.2) is 0 Å². The van der Waals surface area contributed by atoms with Crippen LogP contribution in [0.25, 0.3) is 0 Å². The molecular weight excluding hydrogens is 302 g/mol. The van der Waals surface area contributed by atoms with Gasteiger partial charge in [-0.05, 0) is 18.2 Å². The number of esters is 1. The Bertz CT molecular complexity index is 481. The van der Waals surface area contributed by atoms with E-state index in [1.807, 2.05) is 0 Å². The van der Waals surface area contributed by atoms with E-state index in [1.54, 1.807) is 18.2 Å². The molecule has 0 saturated carbocycles. The second-order valence-electron chi connectivity index (χ2n) is 3.78. The molecule has 0 bridgehead atoms. The number of ether oxygens (including phenoxy) is 2. The maximum Gasteiger partial charge on any atom is 0.306 e. The predicted molar refractivity (Wildman–Crippen MR) is 80.6 cm³/mol. The molecule has 0 aliphatic carbocycles. The van der Waals surface area contributed by atoms with E-state index < -0.39 is 0 Å². The summed E-state index contributed by atoms with van der Waals surface area (Å²) >= 11 is 7.32. The smallest absolute Gasteiger partial charge is 0.306 e. The van der Waals surface area contributed by atoms with E-state index in [2.05, 4.69) is 10.1 Å². The summed E-state index contributed by atoms with van der Waals surface area (Å²) in [5.41, 5.74) is 0.606. The Morgan fingerprint density at radius 1 is 1.35 bits per heavy atom. The number of hydrogen-bond acceptors (Lipinski definition) is 5. The van der Waals surface area contributed by atoms with Gasteiger partial charge in [0.2, 0.25) is 5.91 Å². The molecule has 0 aromatic heterocycles. The molecule has 0 atom stereocenters. The Labute approximate surface area is 127 Å². The molecule has 20 heavy (non-hydrogen) atoms. The van der Waals surface area contributed by atoms with Gasteiger partial charge in [-0.2, -0.15) is 11.8 Å². The second-order valence-corrected chi connectivity index (χ2v) is 5.29. The van der Waals surface area contributed by atoms with Gasteiger partial charge in [-0.3, -0.25) is 9.59 Å². The van der Waals surface area contributed by atoms with Gasteiger partial charge >= 0.3 is 5.97 Å². The molecule has 1 aromatic carbocycles. The number of amides is 1. The van der Waals surface area contributed by atoms with Crippen LogP contribution in [0.4, 0.5) is 5.69 Å². The van der Waals surface area contributed by atoms with E-state index >= 15 is 0 Å². The molecule has 0 saturated heterocycles. The average Bonchev–Trinajstić information content (AvgIpc) is 2.43. The maximum atomic E-state index is 11.7. The Kier molecular flexibility index (Phi) is 7.25. The second kappa shape index (κ2) is 8.71. The van der Waals surface area contributed by atoms with Crippen LogP contribution in [0.3, 0.4) is 0 Å². The van der Waals surface area contributed by atoms with Crippen LogP contribution in [0.2, 0.25) is 5.02 Å². The lowest BCUT2D eigenvalue weighted by Gasteiger charge is -2.08. The number of thioether (sulfide) groups is 1. The number of hydrogen-bond donors (Lipinski definition) is 1. The zero-order valence-electron chi connectivity index (χ0n) is 11.3. The fourth-order valence-corrected chi connectivity index (χ4v) is 2.33. The summed E-state index contributed by atoms with van der Waals surface area (Å²) in [6, 6.07) is 5.02. The maximum absolute atomic E-state index is 11.7. The number of carbonyl (C=O) groups excluding carboxylic acids is 2. The van der Waals surface area contributed by atoms with Crippen molar-refractivity contribution in [2.45, 2.75) is 6.42 Å². The van der Waals surface area contributed by atoms with Crippen molar-refractivity contribution in [2.24, 2.45) is 0 Å². The largest absolute Gasteiger partial charge is 0.495 e. The number of nitrogens with one attached hydrogen (secondary N) is 1. The lowest BCUT2D eigenvalue weighted by Crippen LogP contribution is -2.14. The van der Waals surface area contributed by atoms with Crippen molar-refractivity contribution in [1.29, 1.82) is 0 Å². The lowest BCUT2D eigenvalue weighted by atomic mass is 10.3. The van der Waals surface area contributed by atoms with Gasteiger partial charge in [-0.25, -0.2) is 0 Å². The molecule has 1 aromatic rings. The Balaban J connectivity index is 2.35. The van der Waals surface area contributed by atoms with Gasteiger partial charge in [0.1, 0.15) is 5.75 Å². The highest BCUT2D eigenvalue weighted by Crippen LogP contribution is 2.27. The number of anilines is 1. The van der Waals surface area contributed by atoms with E-state index in [0.29, 0.717) is 28.6 Å². The summed E-state index contributed by atoms with van der Waals surface area (Å²) in [6.45, 7) is 0. The molecule has 1 rings (SSSR count). The topological polar surface area (TPSA) is 64.6 Å². The van der Waals surface area contributed by atoms with Gasteiger partial charge in [-0.1, -0.05) is 11.6 Å². The van der Waals surface area contributed by atoms with E-state index in [4.69, 9.17) is 16.3 Å². The molecule has 0 radical (unpaired) electrons. The van der Waals surface area contributed by atoms with Crippen molar-refractivity contribution >= 4 is 40.9 Å². The first-order valence-electron chi connectivity index (χ1n) is 5.84. The van der Waals surface area contributed by atoms with Gasteiger partial charge in [-0.15, -0.1) is 0 Å². The molecule has 0 unspecified atom stereocenters. The highest BCUT2D eigenvalue weighted by molar-refractivity contribution is 7.99. The van der Waals surface area contributed by atoms with Gasteiger partial charge in [0.25, 0.3) is 0 Å². The number of halogens is 1. The quantitative estimate of drug-likeness (QED) is 0.618. The number of benzene rings is 1. The van der Waals surface area contributed by atoms with Crippen molar-refractivity contribution in [1.82, 2.24) is 0 Å². The summed E-state index contributed by atoms with van der Waals surface area (Å²) in [4.78, 5) is 22.6. The first-order chi connectivity index (χ1) is 9.56. The summed E-state index contributed by atoms with van der Waals surface area (Å²) in [6.07, 6.45) is 0.294. The minimum Gasteiger partial charge on any atom is -0.495 e. The van der Waals surface area contributed by atoms with Crippen LogP contribution in [-0.2, 0) is 14.3 Å². The van der Waals surface area contributed by atoms with Crippen molar-refractivity contribution in [3.63, 3.8) is 0 Å². The van der Waals surface area contributed by atoms with Crippen LogP contribution >= 0.6 is 23.4 Å². The zero-order chi connectivity index (χ0) is 15.0. The molecule has 0 fully saturated rings. The summed E-state index contributed by atoms with van der Waals surface area (Å²) in [5.74, 6) is 0.933. The average molecular weight is 318 g/mol. The summed E-state index contributed by atoms with van der Waals surface area (Å²) in [5, 5.41) is 3.15. The molecule has 110 valence electrons. The van der Waals surface area contributed by atoms with Crippen molar-refractivity contribution in [2.75, 3.05) is 31.0 Å². The van der Waals surface area contributed by atoms with E-state index in [1.165, 1.54) is 26.0 Å². The van der Waals surface area contributed by atoms with E-state index in [9.17, 15) is 9.59 Å². The molecular formula is C13H16ClNO4S. The van der Waals surface area contributed by atoms with Crippen molar-refractivity contribution in [3.8, 4) is 5.75 Å². The van der Waals surface area contributed by atoms with Gasteiger partial charge in [0.05, 0.1) is 31.4 Å². The number of rotatable bonds is 7. The third-order valence-corrected chi connectivity index (χ3v) is 3.60. The fraction of sp³-hybridized carbons (Fsp3) is 0.385. The first kappa shape index (κ1) is 16.7. The number of carbonyl (C=O) groups is 2. The van der Waals surface area contributed by atoms with Crippen LogP contribution < -0.4 is 10.1 Å². The standard InChI is InChI=1S/C13H16ClNO4S/c1-18-11-4-3-9(7-10(11)14)15-12(16)8-20-6-5-13(17)19-2/h3-4,7H,5-6,8H2,1-2H3,(H,15,16). The molecule has 0 heterocycles. The SMILES string of the molecule is COC(=O)CCSCC(=O)Nc1ccc(OC)c(Cl)c1. The van der Waals surface area contributed by atoms with Crippen LogP contribution in [-0.4, -0.2) is 37.6 Å². The fourth-order valence-electron chi connectivity index (χ4n) is 1.36. The minimum atomic E-state index is -0.278. The molecule has 0 aliphatic rings. The van der Waals surface area contributed by atoms with Crippen molar-refractivity contribution < 1.29 is 19.1 Å². The number of methoxy groups -OCH3 is 2. The third-order valence-electron chi connectivity index (χ3n) is 2.35. The molecule has 0 spiro atoms. The van der Waals surface area contributed by atoms with Crippen LogP contribution in [0.15, 0.2) is 18.2 Å². The Morgan fingerprint density at radius 3 is 2.70 bits per heavy atom. The third kappa shape index (κ3) is 5.71. The van der Waals surface area contributed by atoms with Crippen LogP contribution in [0.5, 0.6) is 5.75 Å². The molecule has 5 nitrogen and oxygen atoms in total. The first-order valence-corrected chi connectivity index (χ1v) is 7.38. The highest BCUT2D eigenvalue weighted by Gasteiger charge is 2.07. The minimum absolute atomic E-state index is 0.152. The highest BCUT2D eigenvalue weighted by atomic mass is 35.5. The van der Waals surface area contributed by atoms with Gasteiger partial charge in [0, 0.05) is 11.4 Å². The van der Waals surface area contributed by atoms with Crippen molar-refractivity contribution in [3.05, 3.63) is 23.2 Å². The summed E-state index contributed by atoms with van der Waals surface area (Å²) < 4.78 is 9.53. The zero-order valence-corrected chi connectivity index (χ0v) is 12.8. The Hall–Kier alpha value is -1.40. The predicted octanol–water partition coefficient (Wildman–Crippen LogP) is 2.58. The molecule has 1 amide bonds. The summed E-state index contributed by atoms with van der Waals surface area (Å²) in [7, 11) is 2.87. The van der Waals surface area contributed by atoms with Crippen LogP contribution in [0, 0.1) is 0 Å². The molecule has 0 aliphatic heterocycles. The lowest BCUT2D eigenvalue weighted by molar-refractivity contribution is -0.140. The van der Waals surface area contributed by atoms with E-state index in [-0.39, 0.29) is 17.6 Å². The normalized spacial score (nSPS) is 9.95. The monoisotopic (exact) mass is 317 g/mol. The molecule has 7 heteroatoms. The van der Waals surface area contributed by atoms with E-state index in [0.717, 1.165) is 0 Å². The van der Waals surface area contributed by atoms with Gasteiger partial charge < -0.3 is 14.8 Å². The van der Waals surface area contributed by atoms with Crippen LogP contribution in [0.1, 0.15) is 6.42 Å². The molecule has 1 N–H and O–H groups in total.